The Kier molecular flexibility index (Phi) is 8.12. The van der Waals surface area contributed by atoms with Crippen LogP contribution in [0.5, 0.6) is 0 Å². The molecular formula is C24H26N8O7S2. The third-order valence-corrected chi connectivity index (χ3v) is 7.80. The number of thiocarbonyl (C=S) groups is 1. The van der Waals surface area contributed by atoms with Gasteiger partial charge in [-0.25, -0.2) is 14.3 Å². The van der Waals surface area contributed by atoms with Gasteiger partial charge in [-0.3, -0.25) is 19.3 Å². The van der Waals surface area contributed by atoms with Gasteiger partial charge in [-0.1, -0.05) is 42.5 Å². The number of thioether (sulfide) groups is 1. The number of aromatic nitrogens is 4. The van der Waals surface area contributed by atoms with Crippen LogP contribution in [0.2, 0.25) is 0 Å². The lowest BCUT2D eigenvalue weighted by molar-refractivity contribution is -0.162. The SMILES string of the molecule is Cn1nnnc1C(=S)C1=C(C(=O)O)N2C(=O)[C@@](NC=O)(NC(=O)C(NC(=O)OC(C)(C)C)c3ccccc3)[C@@H]2SC1. The van der Waals surface area contributed by atoms with E-state index in [1.54, 1.807) is 51.1 Å². The number of carbonyl (C=O) groups excluding carboxylic acids is 4. The molecule has 4 N–H and O–H groups in total. The normalized spacial score (nSPS) is 20.7. The van der Waals surface area contributed by atoms with Crippen molar-refractivity contribution < 1.29 is 33.8 Å². The summed E-state index contributed by atoms with van der Waals surface area (Å²) in [5.74, 6) is -3.09. The van der Waals surface area contributed by atoms with Crippen molar-refractivity contribution in [2.24, 2.45) is 7.05 Å². The number of rotatable bonds is 9. The van der Waals surface area contributed by atoms with Crippen LogP contribution in [0.25, 0.3) is 0 Å². The number of tetrazole rings is 1. The van der Waals surface area contributed by atoms with E-state index in [9.17, 15) is 29.1 Å². The number of amides is 4. The number of hydrogen-bond donors (Lipinski definition) is 4. The maximum atomic E-state index is 13.6. The Hall–Kier alpha value is -4.38. The Balaban J connectivity index is 1.66. The summed E-state index contributed by atoms with van der Waals surface area (Å²) in [6.07, 6.45) is -0.662. The molecule has 4 rings (SSSR count). The first kappa shape index (κ1) is 29.6. The predicted octanol–water partition coefficient (Wildman–Crippen LogP) is 0.00640. The minimum atomic E-state index is -2.02. The van der Waals surface area contributed by atoms with E-state index >= 15 is 0 Å². The van der Waals surface area contributed by atoms with Crippen LogP contribution in [-0.2, 0) is 31.0 Å². The van der Waals surface area contributed by atoms with Crippen molar-refractivity contribution in [3.05, 3.63) is 53.0 Å². The van der Waals surface area contributed by atoms with Gasteiger partial charge in [-0.15, -0.1) is 16.9 Å². The van der Waals surface area contributed by atoms with Gasteiger partial charge in [0.1, 0.15) is 22.7 Å². The quantitative estimate of drug-likeness (QED) is 0.0987. The monoisotopic (exact) mass is 602 g/mol. The molecule has 4 amide bonds. The van der Waals surface area contributed by atoms with Crippen LogP contribution < -0.4 is 16.0 Å². The van der Waals surface area contributed by atoms with E-state index in [2.05, 4.69) is 31.5 Å². The van der Waals surface area contributed by atoms with Crippen LogP contribution in [0, 0.1) is 0 Å². The molecule has 3 heterocycles. The largest absolute Gasteiger partial charge is 0.477 e. The molecule has 1 aromatic heterocycles. The Morgan fingerprint density at radius 3 is 2.51 bits per heavy atom. The molecule has 2 aliphatic heterocycles. The lowest BCUT2D eigenvalue weighted by atomic mass is 9.93. The molecule has 41 heavy (non-hydrogen) atoms. The highest BCUT2D eigenvalue weighted by molar-refractivity contribution is 8.00. The zero-order valence-corrected chi connectivity index (χ0v) is 23.9. The molecule has 1 unspecified atom stereocenters. The van der Waals surface area contributed by atoms with Gasteiger partial charge in [-0.2, -0.15) is 0 Å². The van der Waals surface area contributed by atoms with E-state index in [0.29, 0.717) is 5.56 Å². The van der Waals surface area contributed by atoms with Crippen LogP contribution >= 0.6 is 24.0 Å². The number of aryl methyl sites for hydroxylation is 1. The molecular weight excluding hydrogens is 576 g/mol. The van der Waals surface area contributed by atoms with E-state index < -0.39 is 52.3 Å². The van der Waals surface area contributed by atoms with E-state index in [0.717, 1.165) is 16.7 Å². The minimum Gasteiger partial charge on any atom is -0.477 e. The molecule has 2 aromatic rings. The fourth-order valence-electron chi connectivity index (χ4n) is 4.30. The summed E-state index contributed by atoms with van der Waals surface area (Å²) in [5, 5.41) is 27.4. The highest BCUT2D eigenvalue weighted by Crippen LogP contribution is 2.45. The number of carboxylic acid groups (broad SMARTS) is 1. The molecule has 2 aliphatic rings. The van der Waals surface area contributed by atoms with Gasteiger partial charge in [-0.05, 0) is 36.8 Å². The average molecular weight is 603 g/mol. The second-order valence-corrected chi connectivity index (χ2v) is 11.5. The van der Waals surface area contributed by atoms with Gasteiger partial charge in [0.25, 0.3) is 5.91 Å². The summed E-state index contributed by atoms with van der Waals surface area (Å²) in [6.45, 7) is 4.97. The molecule has 1 fully saturated rings. The number of carbonyl (C=O) groups is 5. The summed E-state index contributed by atoms with van der Waals surface area (Å²) < 4.78 is 6.57. The average Bonchev–Trinajstić information content (AvgIpc) is 3.35. The molecule has 3 atom stereocenters. The third kappa shape index (κ3) is 5.62. The lowest BCUT2D eigenvalue weighted by Gasteiger charge is -2.56. The van der Waals surface area contributed by atoms with Crippen LogP contribution in [0.3, 0.4) is 0 Å². The summed E-state index contributed by atoms with van der Waals surface area (Å²) >= 11 is 6.51. The van der Waals surface area contributed by atoms with Crippen molar-refractivity contribution >= 4 is 59.1 Å². The van der Waals surface area contributed by atoms with E-state index in [4.69, 9.17) is 17.0 Å². The van der Waals surface area contributed by atoms with Gasteiger partial charge in [0.05, 0.1) is 4.86 Å². The standard InChI is InChI=1S/C24H26N8O7S2/c1-23(2,3)39-22(38)26-14(12-8-6-5-7-9-12)18(34)27-24(25-11-33)20(37)32-15(19(35)36)13(10-41-21(24)32)16(40)17-28-29-30-31(17)4/h5-9,11,14,21H,10H2,1-4H3,(H,25,33)(H,26,38)(H,27,34)(H,35,36)/t14?,21-,24+/m0/s1. The second-order valence-electron chi connectivity index (χ2n) is 9.98. The van der Waals surface area contributed by atoms with Gasteiger partial charge in [0.2, 0.25) is 18.0 Å². The highest BCUT2D eigenvalue weighted by atomic mass is 32.2. The maximum Gasteiger partial charge on any atom is 0.408 e. The third-order valence-electron chi connectivity index (χ3n) is 6.04. The van der Waals surface area contributed by atoms with Crippen LogP contribution in [0.4, 0.5) is 4.79 Å². The second kappa shape index (κ2) is 11.2. The Labute approximate surface area is 243 Å². The number of aliphatic carboxylic acids is 1. The van der Waals surface area contributed by atoms with Crippen molar-refractivity contribution in [3.8, 4) is 0 Å². The Morgan fingerprint density at radius 1 is 1.27 bits per heavy atom. The number of hydrogen-bond acceptors (Lipinski definition) is 11. The smallest absolute Gasteiger partial charge is 0.408 e. The maximum absolute atomic E-state index is 13.6. The summed E-state index contributed by atoms with van der Waals surface area (Å²) in [6, 6.07) is 6.87. The number of nitrogens with one attached hydrogen (secondary N) is 3. The van der Waals surface area contributed by atoms with Crippen molar-refractivity contribution in [2.75, 3.05) is 5.75 Å². The molecule has 0 radical (unpaired) electrons. The number of carboxylic acids is 1. The molecule has 216 valence electrons. The van der Waals surface area contributed by atoms with E-state index in [1.165, 1.54) is 11.7 Å². The number of ether oxygens (including phenoxy) is 1. The number of alkyl carbamates (subject to hydrolysis) is 1. The number of fused-ring (bicyclic) bond motifs is 1. The molecule has 1 saturated heterocycles. The van der Waals surface area contributed by atoms with E-state index in [-0.39, 0.29) is 28.4 Å². The first-order valence-electron chi connectivity index (χ1n) is 12.1. The van der Waals surface area contributed by atoms with Crippen LogP contribution in [0.15, 0.2) is 41.6 Å². The molecule has 0 saturated carbocycles. The molecule has 0 bridgehead atoms. The van der Waals surface area contributed by atoms with Gasteiger partial charge >= 0.3 is 12.1 Å². The topological polar surface area (TPSA) is 198 Å². The number of β-lactam (4-membered cyclic amide) rings is 1. The summed E-state index contributed by atoms with van der Waals surface area (Å²) in [4.78, 5) is 64.9. The van der Waals surface area contributed by atoms with Crippen LogP contribution in [0.1, 0.15) is 38.2 Å². The first-order chi connectivity index (χ1) is 19.3. The van der Waals surface area contributed by atoms with Gasteiger partial charge in [0.15, 0.2) is 5.82 Å². The number of nitrogens with zero attached hydrogens (tertiary/aromatic N) is 5. The zero-order valence-electron chi connectivity index (χ0n) is 22.3. The molecule has 17 heteroatoms. The fraction of sp³-hybridized carbons (Fsp3) is 0.375. The van der Waals surface area contributed by atoms with E-state index in [1.807, 2.05) is 0 Å². The Morgan fingerprint density at radius 2 is 1.95 bits per heavy atom. The highest BCUT2D eigenvalue weighted by Gasteiger charge is 2.66. The molecule has 0 aliphatic carbocycles. The van der Waals surface area contributed by atoms with Crippen LogP contribution in [-0.4, -0.2) is 87.8 Å². The van der Waals surface area contributed by atoms with Crippen molar-refractivity contribution in [1.29, 1.82) is 0 Å². The fourth-order valence-corrected chi connectivity index (χ4v) is 6.17. The predicted molar refractivity (Wildman–Crippen MR) is 147 cm³/mol. The summed E-state index contributed by atoms with van der Waals surface area (Å²) in [5.41, 5.74) is -2.81. The molecule has 0 spiro atoms. The molecule has 15 nitrogen and oxygen atoms in total. The lowest BCUT2D eigenvalue weighted by Crippen LogP contribution is -2.85. The Bertz CT molecular complexity index is 1460. The van der Waals surface area contributed by atoms with Crippen molar-refractivity contribution in [1.82, 2.24) is 41.1 Å². The van der Waals surface area contributed by atoms with Crippen molar-refractivity contribution in [3.63, 3.8) is 0 Å². The molecule has 1 aromatic carbocycles. The first-order valence-corrected chi connectivity index (χ1v) is 13.5. The summed E-state index contributed by atoms with van der Waals surface area (Å²) in [7, 11) is 1.53. The minimum absolute atomic E-state index is 0.00178. The number of benzene rings is 1. The van der Waals surface area contributed by atoms with Gasteiger partial charge < -0.3 is 25.8 Å². The zero-order chi connectivity index (χ0) is 30.1. The van der Waals surface area contributed by atoms with Crippen molar-refractivity contribution in [2.45, 2.75) is 43.5 Å². The van der Waals surface area contributed by atoms with Gasteiger partial charge in [0, 0.05) is 18.4 Å².